The number of amides is 1. The highest BCUT2D eigenvalue weighted by atomic mass is 35.5. The van der Waals surface area contributed by atoms with Gasteiger partial charge in [0.2, 0.25) is 5.91 Å². The van der Waals surface area contributed by atoms with Gasteiger partial charge in [-0.25, -0.2) is 13.6 Å². The van der Waals surface area contributed by atoms with Crippen molar-refractivity contribution in [2.24, 2.45) is 11.0 Å². The fraction of sp³-hybridized carbons (Fsp3) is 0.294. The molecule has 0 aliphatic carbocycles. The summed E-state index contributed by atoms with van der Waals surface area (Å²) in [5.41, 5.74) is -2.17. The lowest BCUT2D eigenvalue weighted by molar-refractivity contribution is -0.442. The van der Waals surface area contributed by atoms with Gasteiger partial charge < -0.3 is 9.80 Å². The normalized spacial score (nSPS) is 21.1. The predicted octanol–water partition coefficient (Wildman–Crippen LogP) is 6.50. The number of anilines is 1. The number of pyridine rings is 1. The van der Waals surface area contributed by atoms with Crippen LogP contribution in [-0.4, -0.2) is 73.4 Å². The van der Waals surface area contributed by atoms with Crippen LogP contribution in [0.3, 0.4) is 0 Å². The van der Waals surface area contributed by atoms with Crippen LogP contribution < -0.4 is 10.6 Å². The van der Waals surface area contributed by atoms with Crippen LogP contribution in [0.2, 0.25) is 5.02 Å². The third kappa shape index (κ3) is 5.75. The van der Waals surface area contributed by atoms with Crippen LogP contribution in [0.4, 0.5) is 33.6 Å². The highest BCUT2D eigenvalue weighted by Gasteiger charge is 2.40. The number of benzene rings is 2. The summed E-state index contributed by atoms with van der Waals surface area (Å²) in [5, 5.41) is 3.85. The fourth-order valence-electron chi connectivity index (χ4n) is 6.94. The molecule has 0 saturated carbocycles. The highest BCUT2D eigenvalue weighted by Crippen LogP contribution is 2.49. The molecule has 5 heterocycles. The molecule has 2 aromatic carbocycles. The Morgan fingerprint density at radius 2 is 1.86 bits per heavy atom. The molecule has 3 atom stereocenters. The zero-order valence-corrected chi connectivity index (χ0v) is 28.2. The molecular formula is C34H28ClF5N7O2S+. The van der Waals surface area contributed by atoms with Gasteiger partial charge in [0.05, 0.1) is 27.9 Å². The van der Waals surface area contributed by atoms with Gasteiger partial charge >= 0.3 is 17.7 Å². The third-order valence-electron chi connectivity index (χ3n) is 9.00. The summed E-state index contributed by atoms with van der Waals surface area (Å²) >= 11 is 7.03. The largest absolute Gasteiger partial charge is 0.417 e. The van der Waals surface area contributed by atoms with E-state index in [1.165, 1.54) is 10.6 Å². The van der Waals surface area contributed by atoms with Crippen molar-refractivity contribution in [3.63, 3.8) is 0 Å². The Bertz CT molecular complexity index is 2210. The molecule has 2 aromatic heterocycles. The first-order valence-electron chi connectivity index (χ1n) is 15.6. The van der Waals surface area contributed by atoms with Crippen LogP contribution in [-0.2, 0) is 17.5 Å². The second-order valence-corrected chi connectivity index (χ2v) is 13.8. The molecule has 50 heavy (non-hydrogen) atoms. The summed E-state index contributed by atoms with van der Waals surface area (Å²) in [7, 11) is 0. The molecule has 1 fully saturated rings. The standard InChI is InChI=1S/C34H28ClF5N7O2S/c1-4-27(48)47-17(2)12-44(13-18(47)3)32-22-8-23(34(38,39)40)28(21-9-24(35)26(37)10-25(21)36)30-29(22)45(33(49)43-32)14-19(16-50-30)15-46-31-20(11-42-46)6-5-7-41-31/h4-11,15,17-19H,1,12-14,16H2,2-3H3/q+1/b46-15-/t17-,18+,19?. The molecule has 7 rings (SSSR count). The number of piperazine rings is 1. The predicted molar refractivity (Wildman–Crippen MR) is 182 cm³/mol. The van der Waals surface area contributed by atoms with Crippen LogP contribution in [0.1, 0.15) is 25.0 Å². The minimum atomic E-state index is -5.01. The molecule has 1 amide bonds. The molecule has 1 saturated heterocycles. The van der Waals surface area contributed by atoms with Crippen LogP contribution in [0.5, 0.6) is 0 Å². The van der Waals surface area contributed by atoms with Crippen LogP contribution >= 0.6 is 23.4 Å². The van der Waals surface area contributed by atoms with Gasteiger partial charge in [-0.3, -0.25) is 9.36 Å². The summed E-state index contributed by atoms with van der Waals surface area (Å²) < 4.78 is 78.1. The number of carbonyl (C=O) groups is 1. The minimum Gasteiger partial charge on any atom is -0.352 e. The zero-order valence-electron chi connectivity index (χ0n) is 26.6. The highest BCUT2D eigenvalue weighted by molar-refractivity contribution is 7.99. The van der Waals surface area contributed by atoms with E-state index in [9.17, 15) is 14.0 Å². The van der Waals surface area contributed by atoms with E-state index >= 15 is 17.6 Å². The topological polar surface area (TPSA) is 86.7 Å². The number of alkyl halides is 3. The molecule has 3 aliphatic rings. The Morgan fingerprint density at radius 3 is 2.56 bits per heavy atom. The van der Waals surface area contributed by atoms with Gasteiger partial charge in [0.15, 0.2) is 0 Å². The van der Waals surface area contributed by atoms with Crippen molar-refractivity contribution in [3.8, 4) is 11.1 Å². The van der Waals surface area contributed by atoms with E-state index in [2.05, 4.69) is 21.6 Å². The van der Waals surface area contributed by atoms with Crippen molar-refractivity contribution in [1.29, 1.82) is 0 Å². The third-order valence-corrected chi connectivity index (χ3v) is 10.6. The average molecular weight is 729 g/mol. The summed E-state index contributed by atoms with van der Waals surface area (Å²) in [4.78, 5) is 38.7. The number of thioether (sulfide) groups is 1. The molecular weight excluding hydrogens is 701 g/mol. The summed E-state index contributed by atoms with van der Waals surface area (Å²) in [6.45, 7) is 7.48. The number of nitrogens with zero attached hydrogens (tertiary/aromatic N) is 7. The number of halogens is 6. The van der Waals surface area contributed by atoms with Crippen molar-refractivity contribution >= 4 is 64.2 Å². The molecule has 0 radical (unpaired) electrons. The Balaban J connectivity index is 1.48. The average Bonchev–Trinajstić information content (AvgIpc) is 3.36. The number of hydrogen-bond acceptors (Lipinski definition) is 7. The van der Waals surface area contributed by atoms with Gasteiger partial charge in [-0.15, -0.1) is 16.4 Å². The van der Waals surface area contributed by atoms with Gasteiger partial charge in [0, 0.05) is 70.9 Å². The summed E-state index contributed by atoms with van der Waals surface area (Å²) in [6.07, 6.45) is 1.14. The monoisotopic (exact) mass is 728 g/mol. The SMILES string of the molecule is C=CC(=O)N1[C@H](C)CN(c2nc(=O)n3c4c(c(-c5cc(Cl)c(F)cc5F)c(C(F)(F)F)cc24)SCC(/C=[N+]2\N=Cc4cccnc42)C3)C[C@@H]1C. The van der Waals surface area contributed by atoms with E-state index in [1.807, 2.05) is 6.07 Å². The molecule has 1 unspecified atom stereocenters. The Morgan fingerprint density at radius 1 is 1.12 bits per heavy atom. The second-order valence-electron chi connectivity index (χ2n) is 12.4. The van der Waals surface area contributed by atoms with Gasteiger partial charge in [-0.05, 0) is 49.2 Å². The molecule has 4 aromatic rings. The summed E-state index contributed by atoms with van der Waals surface area (Å²) in [5.74, 6) is -2.45. The maximum Gasteiger partial charge on any atom is 0.417 e. The number of rotatable bonds is 4. The van der Waals surface area contributed by atoms with Crippen molar-refractivity contribution in [3.05, 3.63) is 87.5 Å². The Hall–Kier alpha value is -4.63. The van der Waals surface area contributed by atoms with Crippen molar-refractivity contribution < 1.29 is 31.4 Å². The number of carbonyl (C=O) groups excluding carboxylic acids is 1. The van der Waals surface area contributed by atoms with E-state index in [-0.39, 0.29) is 52.9 Å². The minimum absolute atomic E-state index is 0.00266. The van der Waals surface area contributed by atoms with Gasteiger partial charge in [-0.1, -0.05) is 23.3 Å². The number of hydrazone groups is 1. The molecule has 0 spiro atoms. The van der Waals surface area contributed by atoms with Gasteiger partial charge in [-0.2, -0.15) is 18.2 Å². The van der Waals surface area contributed by atoms with Crippen LogP contribution in [0.25, 0.3) is 22.0 Å². The molecule has 3 aliphatic heterocycles. The van der Waals surface area contributed by atoms with Crippen LogP contribution in [0.15, 0.2) is 64.0 Å². The molecule has 16 heteroatoms. The maximum atomic E-state index is 15.5. The Labute approximate surface area is 291 Å². The first kappa shape index (κ1) is 33.8. The number of fused-ring (bicyclic) bond motifs is 1. The van der Waals surface area contributed by atoms with E-state index < -0.39 is 63.2 Å². The lowest BCUT2D eigenvalue weighted by Crippen LogP contribution is -2.58. The quantitative estimate of drug-likeness (QED) is 0.103. The lowest BCUT2D eigenvalue weighted by atomic mass is 9.95. The fourth-order valence-corrected chi connectivity index (χ4v) is 8.40. The van der Waals surface area contributed by atoms with Gasteiger partial charge in [0.25, 0.3) is 0 Å². The Kier molecular flexibility index (Phi) is 8.53. The molecule has 258 valence electrons. The van der Waals surface area contributed by atoms with E-state index in [0.29, 0.717) is 11.9 Å². The lowest BCUT2D eigenvalue weighted by Gasteiger charge is -2.44. The zero-order chi connectivity index (χ0) is 35.6. The van der Waals surface area contributed by atoms with Crippen LogP contribution in [0, 0.1) is 17.6 Å². The second kappa shape index (κ2) is 12.6. The summed E-state index contributed by atoms with van der Waals surface area (Å²) in [6, 6.07) is 4.93. The van der Waals surface area contributed by atoms with Gasteiger partial charge in [0.1, 0.15) is 29.9 Å². The van der Waals surface area contributed by atoms with Crippen molar-refractivity contribution in [1.82, 2.24) is 19.4 Å². The number of aromatic nitrogens is 3. The van der Waals surface area contributed by atoms with E-state index in [1.54, 1.807) is 53.0 Å². The first-order valence-corrected chi connectivity index (χ1v) is 16.9. The number of hydrogen-bond donors (Lipinski definition) is 0. The molecule has 0 bridgehead atoms. The van der Waals surface area contributed by atoms with E-state index in [4.69, 9.17) is 11.6 Å². The first-order chi connectivity index (χ1) is 23.8. The van der Waals surface area contributed by atoms with Crippen molar-refractivity contribution in [2.75, 3.05) is 23.7 Å². The smallest absolute Gasteiger partial charge is 0.352 e. The van der Waals surface area contributed by atoms with Crippen molar-refractivity contribution in [2.45, 2.75) is 43.5 Å². The maximum absolute atomic E-state index is 15.5. The van der Waals surface area contributed by atoms with E-state index in [0.717, 1.165) is 29.5 Å². The molecule has 9 nitrogen and oxygen atoms in total. The molecule has 0 N–H and O–H groups in total.